The Hall–Kier alpha value is -1.97. The summed E-state index contributed by atoms with van der Waals surface area (Å²) in [6.07, 6.45) is 1.66. The van der Waals surface area contributed by atoms with Crippen LogP contribution in [0.3, 0.4) is 0 Å². The molecule has 0 aliphatic rings. The maximum Gasteiger partial charge on any atom is 0.0953 e. The van der Waals surface area contributed by atoms with Gasteiger partial charge in [0, 0.05) is 12.1 Å². The Balaban J connectivity index is 0.00000116. The highest BCUT2D eigenvalue weighted by atomic mass is 35.5. The minimum absolute atomic E-state index is 0.283. The number of allylic oxidation sites excluding steroid dienone is 1. The van der Waals surface area contributed by atoms with Crippen LogP contribution < -0.4 is 5.73 Å². The first-order chi connectivity index (χ1) is 10.6. The summed E-state index contributed by atoms with van der Waals surface area (Å²) in [6.45, 7) is 13.9. The van der Waals surface area contributed by atoms with Crippen LogP contribution in [-0.2, 0) is 6.54 Å². The lowest BCUT2D eigenvalue weighted by atomic mass is 10.1. The van der Waals surface area contributed by atoms with Crippen molar-refractivity contribution in [1.82, 2.24) is 9.97 Å². The van der Waals surface area contributed by atoms with Gasteiger partial charge in [-0.15, -0.1) is 0 Å². The molecule has 1 aromatic carbocycles. The highest BCUT2D eigenvalue weighted by molar-refractivity contribution is 6.33. The van der Waals surface area contributed by atoms with Gasteiger partial charge in [0.25, 0.3) is 0 Å². The molecule has 0 bridgehead atoms. The van der Waals surface area contributed by atoms with E-state index in [1.807, 2.05) is 45.0 Å². The average molecular weight is 316 g/mol. The zero-order valence-electron chi connectivity index (χ0n) is 13.4. The highest BCUT2D eigenvalue weighted by Gasteiger charge is 2.15. The maximum absolute atomic E-state index is 6.24. The zero-order valence-corrected chi connectivity index (χ0v) is 14.1. The lowest BCUT2D eigenvalue weighted by molar-refractivity contribution is 0.956. The Kier molecular flexibility index (Phi) is 6.96. The molecule has 2 N–H and O–H groups in total. The second-order valence-corrected chi connectivity index (χ2v) is 4.83. The Morgan fingerprint density at radius 2 is 1.91 bits per heavy atom. The fraction of sp³-hybridized carbons (Fsp3) is 0.222. The topological polar surface area (TPSA) is 51.8 Å². The number of hydrogen-bond donors (Lipinski definition) is 1. The smallest absolute Gasteiger partial charge is 0.0953 e. The fourth-order valence-electron chi connectivity index (χ4n) is 1.95. The van der Waals surface area contributed by atoms with E-state index in [4.69, 9.17) is 17.3 Å². The van der Waals surface area contributed by atoms with Crippen molar-refractivity contribution in [3.05, 3.63) is 59.5 Å². The third-order valence-corrected chi connectivity index (χ3v) is 3.24. The average Bonchev–Trinajstić information content (AvgIpc) is 2.55. The van der Waals surface area contributed by atoms with Gasteiger partial charge in [-0.2, -0.15) is 0 Å². The quantitative estimate of drug-likeness (QED) is 0.867. The van der Waals surface area contributed by atoms with E-state index in [1.165, 1.54) is 0 Å². The van der Waals surface area contributed by atoms with E-state index in [2.05, 4.69) is 23.1 Å². The molecule has 2 aromatic rings. The largest absolute Gasteiger partial charge is 0.325 e. The molecule has 1 aromatic heterocycles. The van der Waals surface area contributed by atoms with E-state index in [0.717, 1.165) is 11.1 Å². The Bertz CT molecular complexity index is 678. The number of benzene rings is 1. The highest BCUT2D eigenvalue weighted by Crippen LogP contribution is 2.30. The van der Waals surface area contributed by atoms with Gasteiger partial charge >= 0.3 is 0 Å². The molecular weight excluding hydrogens is 294 g/mol. The number of aromatic nitrogens is 2. The predicted molar refractivity (Wildman–Crippen MR) is 96.5 cm³/mol. The molecule has 0 aliphatic carbocycles. The van der Waals surface area contributed by atoms with Crippen LogP contribution in [0.2, 0.25) is 5.02 Å². The third-order valence-electron chi connectivity index (χ3n) is 2.91. The van der Waals surface area contributed by atoms with Gasteiger partial charge in [0.15, 0.2) is 0 Å². The van der Waals surface area contributed by atoms with Gasteiger partial charge in [-0.25, -0.2) is 9.97 Å². The predicted octanol–water partition coefficient (Wildman–Crippen LogP) is 4.96. The number of rotatable bonds is 4. The van der Waals surface area contributed by atoms with Crippen LogP contribution in [0.25, 0.3) is 22.9 Å². The van der Waals surface area contributed by atoms with Crippen LogP contribution in [0, 0.1) is 0 Å². The van der Waals surface area contributed by atoms with Crippen molar-refractivity contribution in [2.75, 3.05) is 0 Å². The first-order valence-corrected chi connectivity index (χ1v) is 7.60. The van der Waals surface area contributed by atoms with E-state index < -0.39 is 0 Å². The lowest BCUT2D eigenvalue weighted by Gasteiger charge is -2.13. The molecule has 3 nitrogen and oxygen atoms in total. The van der Waals surface area contributed by atoms with Crippen molar-refractivity contribution >= 4 is 23.3 Å². The van der Waals surface area contributed by atoms with Crippen LogP contribution in [0.5, 0.6) is 0 Å². The molecule has 0 saturated heterocycles. The SMILES string of the molecule is C=Cc1nc(CN)c(-c2ccccc2Cl)nc1C(=C)C.CC. The Morgan fingerprint density at radius 1 is 1.27 bits per heavy atom. The molecule has 116 valence electrons. The number of hydrogen-bond acceptors (Lipinski definition) is 3. The molecule has 1 heterocycles. The van der Waals surface area contributed by atoms with Gasteiger partial charge in [-0.3, -0.25) is 0 Å². The van der Waals surface area contributed by atoms with Gasteiger partial charge in [-0.1, -0.05) is 56.8 Å². The summed E-state index contributed by atoms with van der Waals surface area (Å²) in [4.78, 5) is 9.17. The molecule has 2 rings (SSSR count). The summed E-state index contributed by atoms with van der Waals surface area (Å²) in [7, 11) is 0. The molecule has 0 unspecified atom stereocenters. The summed E-state index contributed by atoms with van der Waals surface area (Å²) < 4.78 is 0. The second kappa shape index (κ2) is 8.47. The minimum atomic E-state index is 0.283. The first-order valence-electron chi connectivity index (χ1n) is 7.22. The summed E-state index contributed by atoms with van der Waals surface area (Å²) in [6, 6.07) is 7.51. The molecule has 0 aliphatic heterocycles. The van der Waals surface area contributed by atoms with Gasteiger partial charge in [-0.05, 0) is 24.6 Å². The van der Waals surface area contributed by atoms with Gasteiger partial charge in [0.05, 0.1) is 27.8 Å². The minimum Gasteiger partial charge on any atom is -0.325 e. The van der Waals surface area contributed by atoms with E-state index in [1.54, 1.807) is 6.08 Å². The van der Waals surface area contributed by atoms with Crippen LogP contribution >= 0.6 is 11.6 Å². The Morgan fingerprint density at radius 3 is 2.41 bits per heavy atom. The van der Waals surface area contributed by atoms with Crippen molar-refractivity contribution in [3.63, 3.8) is 0 Å². The van der Waals surface area contributed by atoms with Gasteiger partial charge in [0.2, 0.25) is 0 Å². The van der Waals surface area contributed by atoms with Crippen molar-refractivity contribution in [1.29, 1.82) is 0 Å². The molecule has 0 spiro atoms. The maximum atomic E-state index is 6.24. The molecule has 0 radical (unpaired) electrons. The van der Waals surface area contributed by atoms with Crippen LogP contribution in [-0.4, -0.2) is 9.97 Å². The zero-order chi connectivity index (χ0) is 16.7. The molecule has 0 saturated carbocycles. The monoisotopic (exact) mass is 315 g/mol. The van der Waals surface area contributed by atoms with Crippen molar-refractivity contribution in [2.45, 2.75) is 27.3 Å². The number of halogens is 1. The summed E-state index contributed by atoms with van der Waals surface area (Å²) in [5.74, 6) is 0. The Labute approximate surface area is 137 Å². The van der Waals surface area contributed by atoms with Crippen molar-refractivity contribution < 1.29 is 0 Å². The fourth-order valence-corrected chi connectivity index (χ4v) is 2.18. The van der Waals surface area contributed by atoms with Crippen molar-refractivity contribution in [3.8, 4) is 11.3 Å². The van der Waals surface area contributed by atoms with Gasteiger partial charge < -0.3 is 5.73 Å². The van der Waals surface area contributed by atoms with Crippen molar-refractivity contribution in [2.24, 2.45) is 5.73 Å². The first kappa shape index (κ1) is 18.1. The summed E-state index contributed by atoms with van der Waals surface area (Å²) in [5, 5.41) is 0.621. The standard InChI is InChI=1S/C16H16ClN3.C2H6/c1-4-13-15(10(2)3)20-16(14(9-18)19-13)11-7-5-6-8-12(11)17;1-2/h4-8H,1-2,9,18H2,3H3;1-2H3. The molecule has 22 heavy (non-hydrogen) atoms. The lowest BCUT2D eigenvalue weighted by Crippen LogP contribution is -2.08. The normalized spacial score (nSPS) is 9.68. The van der Waals surface area contributed by atoms with Gasteiger partial charge in [0.1, 0.15) is 0 Å². The summed E-state index contributed by atoms with van der Waals surface area (Å²) in [5.41, 5.74) is 10.2. The molecule has 0 fully saturated rings. The third kappa shape index (κ3) is 3.81. The molecule has 0 amide bonds. The molecule has 0 atom stereocenters. The second-order valence-electron chi connectivity index (χ2n) is 4.42. The van der Waals surface area contributed by atoms with E-state index in [9.17, 15) is 0 Å². The van der Waals surface area contributed by atoms with E-state index >= 15 is 0 Å². The number of nitrogens with zero attached hydrogens (tertiary/aromatic N) is 2. The van der Waals surface area contributed by atoms with E-state index in [-0.39, 0.29) is 6.54 Å². The van der Waals surface area contributed by atoms with Crippen LogP contribution in [0.1, 0.15) is 37.9 Å². The van der Waals surface area contributed by atoms with E-state index in [0.29, 0.717) is 27.8 Å². The number of nitrogens with two attached hydrogens (primary N) is 1. The molecular formula is C18H22ClN3. The van der Waals surface area contributed by atoms with Crippen LogP contribution in [0.4, 0.5) is 0 Å². The van der Waals surface area contributed by atoms with Crippen LogP contribution in [0.15, 0.2) is 37.4 Å². The summed E-state index contributed by atoms with van der Waals surface area (Å²) >= 11 is 6.24. The molecule has 4 heteroatoms.